The summed E-state index contributed by atoms with van der Waals surface area (Å²) in [5.41, 5.74) is -4.34. The Kier molecular flexibility index (Phi) is 10.4. The normalized spacial score (nSPS) is 11.5. The molecule has 0 fully saturated rings. The van der Waals surface area contributed by atoms with Crippen molar-refractivity contribution >= 4 is 45.5 Å². The molecule has 1 aromatic heterocycles. The molecule has 0 atom stereocenters. The summed E-state index contributed by atoms with van der Waals surface area (Å²) in [4.78, 5) is 22.9. The van der Waals surface area contributed by atoms with Crippen molar-refractivity contribution in [2.75, 3.05) is 6.61 Å². The standard InChI is InChI=1S/C19H20NO4S.CHF3O3S/c1-14(2)19(22)23-12-10-18(21)24-16-7-4-15(5-8-16)6-9-17-20(3)11-13-25-17;2-1(3,4)8(5,6)7/h4-9,11,13H,1,10,12H2,2-3H3;(H,5,6,7)/q+1;/p-1. The predicted molar refractivity (Wildman–Crippen MR) is 113 cm³/mol. The van der Waals surface area contributed by atoms with Crippen LogP contribution in [0.2, 0.25) is 0 Å². The van der Waals surface area contributed by atoms with Gasteiger partial charge in [-0.1, -0.05) is 30.0 Å². The van der Waals surface area contributed by atoms with E-state index in [0.717, 1.165) is 10.6 Å². The van der Waals surface area contributed by atoms with Gasteiger partial charge in [-0.2, -0.15) is 17.7 Å². The van der Waals surface area contributed by atoms with Gasteiger partial charge in [-0.15, -0.1) is 0 Å². The molecular weight excluding hydrogens is 487 g/mol. The van der Waals surface area contributed by atoms with Crippen LogP contribution < -0.4 is 9.30 Å². The number of rotatable bonds is 7. The second-order valence-corrected chi connectivity index (χ2v) is 8.59. The van der Waals surface area contributed by atoms with E-state index in [1.54, 1.807) is 30.4 Å². The van der Waals surface area contributed by atoms with Crippen molar-refractivity contribution in [3.63, 3.8) is 0 Å². The van der Waals surface area contributed by atoms with E-state index >= 15 is 0 Å². The number of aryl methyl sites for hydroxylation is 1. The molecule has 0 aliphatic carbocycles. The van der Waals surface area contributed by atoms with Gasteiger partial charge in [-0.25, -0.2) is 13.2 Å². The molecule has 0 saturated carbocycles. The van der Waals surface area contributed by atoms with Crippen LogP contribution >= 0.6 is 11.3 Å². The minimum Gasteiger partial charge on any atom is -0.741 e. The fraction of sp³-hybridized carbons (Fsp3) is 0.250. The molecule has 0 amide bonds. The van der Waals surface area contributed by atoms with Gasteiger partial charge in [0.25, 0.3) is 5.01 Å². The molecule has 33 heavy (non-hydrogen) atoms. The van der Waals surface area contributed by atoms with Gasteiger partial charge in [0.15, 0.2) is 16.3 Å². The first-order valence-electron chi connectivity index (χ1n) is 8.97. The first kappa shape index (κ1) is 28.0. The van der Waals surface area contributed by atoms with Crippen LogP contribution in [0.4, 0.5) is 13.2 Å². The third-order valence-corrected chi connectivity index (χ3v) is 5.01. The maximum Gasteiger partial charge on any atom is 0.485 e. The van der Waals surface area contributed by atoms with Crippen molar-refractivity contribution in [3.05, 3.63) is 58.6 Å². The largest absolute Gasteiger partial charge is 0.741 e. The Morgan fingerprint density at radius 1 is 1.21 bits per heavy atom. The van der Waals surface area contributed by atoms with Crippen LogP contribution in [0.3, 0.4) is 0 Å². The van der Waals surface area contributed by atoms with Crippen molar-refractivity contribution in [2.24, 2.45) is 7.05 Å². The predicted octanol–water partition coefficient (Wildman–Crippen LogP) is 3.21. The average Bonchev–Trinajstić information content (AvgIpc) is 3.11. The van der Waals surface area contributed by atoms with Crippen LogP contribution in [0.25, 0.3) is 12.2 Å². The Hall–Kier alpha value is -3.03. The van der Waals surface area contributed by atoms with Gasteiger partial charge in [-0.3, -0.25) is 4.79 Å². The Labute approximate surface area is 192 Å². The molecular formula is C20H20F3NO7S2. The molecule has 0 N–H and O–H groups in total. The quantitative estimate of drug-likeness (QED) is 0.141. The van der Waals surface area contributed by atoms with Gasteiger partial charge in [0.05, 0.1) is 11.8 Å². The monoisotopic (exact) mass is 507 g/mol. The zero-order valence-electron chi connectivity index (χ0n) is 17.5. The Morgan fingerprint density at radius 2 is 1.79 bits per heavy atom. The lowest BCUT2D eigenvalue weighted by atomic mass is 10.2. The third-order valence-electron chi connectivity index (χ3n) is 3.52. The molecule has 0 aliphatic rings. The molecule has 13 heteroatoms. The third kappa shape index (κ3) is 10.4. The first-order chi connectivity index (χ1) is 15.2. The van der Waals surface area contributed by atoms with Gasteiger partial charge in [0.1, 0.15) is 19.4 Å². The van der Waals surface area contributed by atoms with Gasteiger partial charge in [0.2, 0.25) is 0 Å². The number of ether oxygens (including phenoxy) is 2. The summed E-state index contributed by atoms with van der Waals surface area (Å²) < 4.78 is 71.0. The topological polar surface area (TPSA) is 114 Å². The number of benzene rings is 1. The molecule has 0 radical (unpaired) electrons. The molecule has 1 aromatic carbocycles. The van der Waals surface area contributed by atoms with E-state index in [4.69, 9.17) is 22.4 Å². The van der Waals surface area contributed by atoms with E-state index in [2.05, 4.69) is 6.58 Å². The van der Waals surface area contributed by atoms with E-state index in [0.29, 0.717) is 11.3 Å². The van der Waals surface area contributed by atoms with E-state index in [1.165, 1.54) is 0 Å². The number of nitrogens with zero attached hydrogens (tertiary/aromatic N) is 1. The number of carbonyl (C=O) groups is 2. The molecule has 0 bridgehead atoms. The van der Waals surface area contributed by atoms with Crippen LogP contribution in [0.15, 0.2) is 48.0 Å². The number of carbonyl (C=O) groups excluding carboxylic acids is 2. The summed E-state index contributed by atoms with van der Waals surface area (Å²) in [5.74, 6) is -0.512. The second-order valence-electron chi connectivity index (χ2n) is 6.29. The number of thiazole rings is 1. The molecule has 1 heterocycles. The zero-order valence-corrected chi connectivity index (χ0v) is 19.1. The van der Waals surface area contributed by atoms with E-state index in [9.17, 15) is 22.8 Å². The summed E-state index contributed by atoms with van der Waals surface area (Å²) in [6, 6.07) is 7.19. The van der Waals surface area contributed by atoms with Gasteiger partial charge >= 0.3 is 17.4 Å². The number of alkyl halides is 3. The fourth-order valence-electron chi connectivity index (χ4n) is 1.85. The molecule has 2 rings (SSSR count). The maximum atomic E-state index is 11.7. The summed E-state index contributed by atoms with van der Waals surface area (Å²) >= 11 is 1.66. The smallest absolute Gasteiger partial charge is 0.485 e. The Morgan fingerprint density at radius 3 is 2.24 bits per heavy atom. The lowest BCUT2D eigenvalue weighted by Gasteiger charge is -2.08. The highest BCUT2D eigenvalue weighted by atomic mass is 32.2. The van der Waals surface area contributed by atoms with Gasteiger partial charge in [0, 0.05) is 11.6 Å². The van der Waals surface area contributed by atoms with Crippen LogP contribution in [0.5, 0.6) is 5.75 Å². The number of esters is 2. The summed E-state index contributed by atoms with van der Waals surface area (Å²) in [6.45, 7) is 4.99. The average molecular weight is 508 g/mol. The minimum absolute atomic E-state index is 0.00441. The summed E-state index contributed by atoms with van der Waals surface area (Å²) in [5, 5.41) is 3.16. The van der Waals surface area contributed by atoms with Crippen LogP contribution in [-0.4, -0.2) is 37.0 Å². The van der Waals surface area contributed by atoms with E-state index < -0.39 is 27.6 Å². The SMILES string of the molecule is C=C(C)C(=O)OCCC(=O)Oc1ccc(C=Cc2scc[n+]2C)cc1.O=S(=O)([O-])C(F)(F)F. The first-order valence-corrected chi connectivity index (χ1v) is 11.3. The lowest BCUT2D eigenvalue weighted by Crippen LogP contribution is -2.26. The van der Waals surface area contributed by atoms with Gasteiger partial charge < -0.3 is 14.0 Å². The van der Waals surface area contributed by atoms with Crippen molar-refractivity contribution in [2.45, 2.75) is 18.9 Å². The highest BCUT2D eigenvalue weighted by Crippen LogP contribution is 2.20. The molecule has 180 valence electrons. The van der Waals surface area contributed by atoms with Crippen molar-refractivity contribution in [1.29, 1.82) is 0 Å². The minimum atomic E-state index is -6.09. The van der Waals surface area contributed by atoms with Crippen LogP contribution in [0.1, 0.15) is 23.9 Å². The Balaban J connectivity index is 0.000000582. The molecule has 0 spiro atoms. The van der Waals surface area contributed by atoms with Gasteiger partial charge in [-0.05, 0) is 30.7 Å². The number of hydrogen-bond donors (Lipinski definition) is 0. The number of aromatic nitrogens is 1. The fourth-order valence-corrected chi connectivity index (χ4v) is 2.61. The van der Waals surface area contributed by atoms with E-state index in [1.807, 2.05) is 47.5 Å². The van der Waals surface area contributed by atoms with Crippen LogP contribution in [0, 0.1) is 0 Å². The highest BCUT2D eigenvalue weighted by Gasteiger charge is 2.36. The molecule has 0 aliphatic heterocycles. The Bertz CT molecular complexity index is 1110. The number of halogens is 3. The second kappa shape index (κ2) is 12.3. The molecule has 2 aromatic rings. The molecule has 8 nitrogen and oxygen atoms in total. The van der Waals surface area contributed by atoms with E-state index in [-0.39, 0.29) is 13.0 Å². The van der Waals surface area contributed by atoms with Crippen LogP contribution in [-0.2, 0) is 31.5 Å². The maximum absolute atomic E-state index is 11.7. The summed E-state index contributed by atoms with van der Waals surface area (Å²) in [6.07, 6.45) is 6.02. The number of hydrogen-bond acceptors (Lipinski definition) is 8. The van der Waals surface area contributed by atoms with Crippen molar-refractivity contribution < 1.29 is 49.8 Å². The molecule has 0 unspecified atom stereocenters. The highest BCUT2D eigenvalue weighted by molar-refractivity contribution is 7.86. The molecule has 0 saturated heterocycles. The summed E-state index contributed by atoms with van der Waals surface area (Å²) in [7, 11) is -4.10. The zero-order chi connectivity index (χ0) is 25.2. The lowest BCUT2D eigenvalue weighted by molar-refractivity contribution is -0.668. The van der Waals surface area contributed by atoms with Crippen molar-refractivity contribution in [1.82, 2.24) is 0 Å². The van der Waals surface area contributed by atoms with Crippen molar-refractivity contribution in [3.8, 4) is 5.75 Å².